The van der Waals surface area contributed by atoms with Crippen molar-refractivity contribution in [2.75, 3.05) is 23.5 Å². The van der Waals surface area contributed by atoms with Gasteiger partial charge >= 0.3 is 5.97 Å². The Bertz CT molecular complexity index is 945. The first-order valence-corrected chi connectivity index (χ1v) is 8.67. The molecule has 138 valence electrons. The molecule has 0 spiro atoms. The molecular weight excluding hydrogens is 342 g/mol. The number of carbonyl (C=O) groups is 2. The van der Waals surface area contributed by atoms with Crippen LogP contribution in [0.2, 0.25) is 0 Å². The van der Waals surface area contributed by atoms with E-state index in [1.54, 1.807) is 25.1 Å². The van der Waals surface area contributed by atoms with E-state index in [-0.39, 0.29) is 11.5 Å². The number of nitrogens with zero attached hydrogens (tertiary/aromatic N) is 3. The van der Waals surface area contributed by atoms with E-state index in [1.807, 2.05) is 31.3 Å². The number of rotatable bonds is 5. The Kier molecular flexibility index (Phi) is 5.07. The number of anilines is 2. The summed E-state index contributed by atoms with van der Waals surface area (Å²) in [7, 11) is 2.02. The lowest BCUT2D eigenvalue weighted by Gasteiger charge is -2.16. The van der Waals surface area contributed by atoms with Crippen LogP contribution in [-0.2, 0) is 4.79 Å². The second-order valence-electron chi connectivity index (χ2n) is 6.32. The first-order chi connectivity index (χ1) is 12.9. The minimum absolute atomic E-state index is 0.112. The van der Waals surface area contributed by atoms with Crippen molar-refractivity contribution in [1.82, 2.24) is 0 Å². The summed E-state index contributed by atoms with van der Waals surface area (Å²) in [4.78, 5) is 26.1. The third-order valence-electron chi connectivity index (χ3n) is 4.52. The minimum Gasteiger partial charge on any atom is -0.478 e. The highest BCUT2D eigenvalue weighted by molar-refractivity contribution is 6.32. The molecule has 1 amide bonds. The van der Waals surface area contributed by atoms with Crippen LogP contribution in [0.5, 0.6) is 0 Å². The largest absolute Gasteiger partial charge is 0.478 e. The van der Waals surface area contributed by atoms with Crippen molar-refractivity contribution < 1.29 is 14.7 Å². The van der Waals surface area contributed by atoms with Crippen LogP contribution in [0.15, 0.2) is 59.2 Å². The molecule has 6 heteroatoms. The predicted octanol–water partition coefficient (Wildman–Crippen LogP) is 3.65. The summed E-state index contributed by atoms with van der Waals surface area (Å²) in [6.45, 7) is 4.76. The molecule has 2 aromatic rings. The number of aromatic carboxylic acids is 1. The normalized spacial score (nSPS) is 15.2. The van der Waals surface area contributed by atoms with E-state index in [9.17, 15) is 9.59 Å². The number of carbonyl (C=O) groups excluding carboxylic acids is 1. The van der Waals surface area contributed by atoms with Gasteiger partial charge in [-0.25, -0.2) is 4.79 Å². The van der Waals surface area contributed by atoms with Gasteiger partial charge in [-0.2, -0.15) is 10.1 Å². The van der Waals surface area contributed by atoms with Gasteiger partial charge in [0.25, 0.3) is 5.91 Å². The summed E-state index contributed by atoms with van der Waals surface area (Å²) in [6.07, 6.45) is 1.80. The fraction of sp³-hybridized carbons (Fsp3) is 0.190. The molecule has 0 saturated heterocycles. The van der Waals surface area contributed by atoms with Crippen molar-refractivity contribution in [2.45, 2.75) is 13.8 Å². The van der Waals surface area contributed by atoms with Crippen molar-refractivity contribution in [3.63, 3.8) is 0 Å². The fourth-order valence-corrected chi connectivity index (χ4v) is 2.80. The topological polar surface area (TPSA) is 73.2 Å². The molecule has 1 aliphatic heterocycles. The summed E-state index contributed by atoms with van der Waals surface area (Å²) < 4.78 is 0. The summed E-state index contributed by atoms with van der Waals surface area (Å²) in [5.41, 5.74) is 3.64. The zero-order valence-electron chi connectivity index (χ0n) is 15.5. The van der Waals surface area contributed by atoms with Gasteiger partial charge in [0.2, 0.25) is 0 Å². The average molecular weight is 363 g/mol. The molecule has 0 aliphatic carbocycles. The van der Waals surface area contributed by atoms with E-state index >= 15 is 0 Å². The fourth-order valence-electron chi connectivity index (χ4n) is 2.80. The van der Waals surface area contributed by atoms with Crippen molar-refractivity contribution in [3.05, 3.63) is 65.2 Å². The van der Waals surface area contributed by atoms with Crippen LogP contribution in [0.1, 0.15) is 29.8 Å². The van der Waals surface area contributed by atoms with Gasteiger partial charge in [-0.1, -0.05) is 18.2 Å². The first-order valence-electron chi connectivity index (χ1n) is 8.67. The molecule has 27 heavy (non-hydrogen) atoms. The maximum atomic E-state index is 12.8. The average Bonchev–Trinajstić information content (AvgIpc) is 2.96. The molecule has 0 bridgehead atoms. The molecular formula is C21H21N3O3. The van der Waals surface area contributed by atoms with Gasteiger partial charge in [0.15, 0.2) is 0 Å². The maximum Gasteiger partial charge on any atom is 0.335 e. The molecule has 0 atom stereocenters. The molecule has 1 aliphatic rings. The zero-order chi connectivity index (χ0) is 19.6. The Hall–Kier alpha value is -3.41. The molecule has 0 aromatic heterocycles. The van der Waals surface area contributed by atoms with Crippen molar-refractivity contribution in [3.8, 4) is 0 Å². The molecule has 0 fully saturated rings. The molecule has 0 saturated carbocycles. The van der Waals surface area contributed by atoms with E-state index in [2.05, 4.69) is 16.9 Å². The number of amides is 1. The molecule has 3 rings (SSSR count). The summed E-state index contributed by atoms with van der Waals surface area (Å²) in [6, 6.07) is 14.1. The Morgan fingerprint density at radius 1 is 1.22 bits per heavy atom. The highest BCUT2D eigenvalue weighted by Gasteiger charge is 2.29. The van der Waals surface area contributed by atoms with Gasteiger partial charge in [0.1, 0.15) is 0 Å². The van der Waals surface area contributed by atoms with E-state index in [0.29, 0.717) is 17.0 Å². The van der Waals surface area contributed by atoms with Crippen LogP contribution < -0.4 is 9.91 Å². The Labute approximate surface area is 158 Å². The maximum absolute atomic E-state index is 12.8. The standard InChI is InChI=1S/C21H21N3O3/c1-4-23(3)17-10-8-15(9-11-17)12-19-14(2)22-24(20(19)25)18-7-5-6-16(13-18)21(26)27/h5-13H,4H2,1-3H3,(H,26,27)/b19-12+. The van der Waals surface area contributed by atoms with Crippen LogP contribution in [0.4, 0.5) is 11.4 Å². The predicted molar refractivity (Wildman–Crippen MR) is 107 cm³/mol. The Morgan fingerprint density at radius 2 is 1.93 bits per heavy atom. The number of hydrazone groups is 1. The lowest BCUT2D eigenvalue weighted by molar-refractivity contribution is -0.114. The quantitative estimate of drug-likeness (QED) is 0.823. The number of hydrogen-bond donors (Lipinski definition) is 1. The van der Waals surface area contributed by atoms with Gasteiger partial charge in [0.05, 0.1) is 22.5 Å². The van der Waals surface area contributed by atoms with E-state index in [4.69, 9.17) is 5.11 Å². The zero-order valence-corrected chi connectivity index (χ0v) is 15.5. The number of hydrogen-bond acceptors (Lipinski definition) is 4. The molecule has 2 aromatic carbocycles. The monoisotopic (exact) mass is 363 g/mol. The second kappa shape index (κ2) is 7.45. The second-order valence-corrected chi connectivity index (χ2v) is 6.32. The molecule has 6 nitrogen and oxygen atoms in total. The minimum atomic E-state index is -1.04. The summed E-state index contributed by atoms with van der Waals surface area (Å²) in [5.74, 6) is -1.32. The molecule has 0 unspecified atom stereocenters. The van der Waals surface area contributed by atoms with E-state index in [1.165, 1.54) is 17.1 Å². The van der Waals surface area contributed by atoms with Gasteiger partial charge in [-0.05, 0) is 55.8 Å². The van der Waals surface area contributed by atoms with Gasteiger partial charge in [-0.15, -0.1) is 0 Å². The van der Waals surface area contributed by atoms with Crippen LogP contribution in [-0.4, -0.2) is 36.3 Å². The molecule has 1 N–H and O–H groups in total. The van der Waals surface area contributed by atoms with E-state index in [0.717, 1.165) is 17.8 Å². The summed E-state index contributed by atoms with van der Waals surface area (Å²) >= 11 is 0. The van der Waals surface area contributed by atoms with Crippen molar-refractivity contribution in [1.29, 1.82) is 0 Å². The first kappa shape index (κ1) is 18.4. The van der Waals surface area contributed by atoms with Crippen LogP contribution in [0.25, 0.3) is 6.08 Å². The van der Waals surface area contributed by atoms with Crippen LogP contribution >= 0.6 is 0 Å². The lowest BCUT2D eigenvalue weighted by atomic mass is 10.1. The van der Waals surface area contributed by atoms with Gasteiger partial charge in [0, 0.05) is 19.3 Å². The van der Waals surface area contributed by atoms with Crippen molar-refractivity contribution in [2.24, 2.45) is 5.10 Å². The highest BCUT2D eigenvalue weighted by atomic mass is 16.4. The van der Waals surface area contributed by atoms with Gasteiger partial charge in [-0.3, -0.25) is 4.79 Å². The van der Waals surface area contributed by atoms with Crippen molar-refractivity contribution >= 4 is 35.0 Å². The third kappa shape index (κ3) is 3.74. The van der Waals surface area contributed by atoms with Crippen LogP contribution in [0, 0.1) is 0 Å². The molecule has 0 radical (unpaired) electrons. The number of benzene rings is 2. The molecule has 1 heterocycles. The number of carboxylic acids is 1. The third-order valence-corrected chi connectivity index (χ3v) is 4.52. The summed E-state index contributed by atoms with van der Waals surface area (Å²) in [5, 5.41) is 14.7. The van der Waals surface area contributed by atoms with Gasteiger partial charge < -0.3 is 10.0 Å². The van der Waals surface area contributed by atoms with Crippen LogP contribution in [0.3, 0.4) is 0 Å². The SMILES string of the molecule is CCN(C)c1ccc(/C=C2/C(=O)N(c3cccc(C(=O)O)c3)N=C2C)cc1. The number of carboxylic acid groups (broad SMARTS) is 1. The Morgan fingerprint density at radius 3 is 2.56 bits per heavy atom. The lowest BCUT2D eigenvalue weighted by Crippen LogP contribution is -2.21. The smallest absolute Gasteiger partial charge is 0.335 e. The Balaban J connectivity index is 1.88. The highest BCUT2D eigenvalue weighted by Crippen LogP contribution is 2.26. The van der Waals surface area contributed by atoms with E-state index < -0.39 is 5.97 Å².